The molecule has 0 radical (unpaired) electrons. The van der Waals surface area contributed by atoms with Crippen LogP contribution in [0.15, 0.2) is 29.2 Å². The van der Waals surface area contributed by atoms with E-state index in [4.69, 9.17) is 22.4 Å². The van der Waals surface area contributed by atoms with E-state index in [0.29, 0.717) is 10.5 Å². The number of carboxylic acids is 2. The van der Waals surface area contributed by atoms with Gasteiger partial charge in [-0.05, 0) is 23.8 Å². The van der Waals surface area contributed by atoms with Crippen LogP contribution < -0.4 is 0 Å². The third-order valence-corrected chi connectivity index (χ3v) is 4.00. The third kappa shape index (κ3) is 3.47. The van der Waals surface area contributed by atoms with Gasteiger partial charge >= 0.3 is 11.9 Å². The van der Waals surface area contributed by atoms with Crippen molar-refractivity contribution in [3.63, 3.8) is 0 Å². The summed E-state index contributed by atoms with van der Waals surface area (Å²) in [6, 6.07) is 5.97. The number of carbonyl (C=O) groups excluding carboxylic acids is 1. The Labute approximate surface area is 129 Å². The van der Waals surface area contributed by atoms with Gasteiger partial charge in [-0.15, -0.1) is 0 Å². The molecule has 1 aromatic rings. The molecule has 0 unspecified atom stereocenters. The van der Waals surface area contributed by atoms with Gasteiger partial charge in [0.1, 0.15) is 10.9 Å². The number of hydrogen-bond acceptors (Lipinski definition) is 5. The molecule has 1 aromatic carbocycles. The van der Waals surface area contributed by atoms with E-state index in [-0.39, 0.29) is 9.88 Å². The molecule has 1 heterocycles. The molecule has 1 aliphatic rings. The molecule has 6 nitrogen and oxygen atoms in total. The van der Waals surface area contributed by atoms with Crippen LogP contribution in [0.1, 0.15) is 15.9 Å². The van der Waals surface area contributed by atoms with Crippen molar-refractivity contribution >= 4 is 52.2 Å². The summed E-state index contributed by atoms with van der Waals surface area (Å²) in [6.45, 7) is -0.472. The Kier molecular flexibility index (Phi) is 4.39. The van der Waals surface area contributed by atoms with Crippen molar-refractivity contribution in [3.8, 4) is 0 Å². The second-order valence-corrected chi connectivity index (χ2v) is 5.76. The predicted molar refractivity (Wildman–Crippen MR) is 80.9 cm³/mol. The van der Waals surface area contributed by atoms with E-state index in [2.05, 4.69) is 0 Å². The summed E-state index contributed by atoms with van der Waals surface area (Å²) in [5.74, 6) is -2.64. The predicted octanol–water partition coefficient (Wildman–Crippen LogP) is 1.67. The van der Waals surface area contributed by atoms with Crippen molar-refractivity contribution in [1.82, 2.24) is 4.90 Å². The highest BCUT2D eigenvalue weighted by atomic mass is 32.2. The van der Waals surface area contributed by atoms with Crippen LogP contribution in [-0.4, -0.2) is 43.8 Å². The van der Waals surface area contributed by atoms with Gasteiger partial charge in [-0.3, -0.25) is 14.5 Å². The van der Waals surface area contributed by atoms with Crippen LogP contribution in [0.3, 0.4) is 0 Å². The van der Waals surface area contributed by atoms with Crippen molar-refractivity contribution in [1.29, 1.82) is 0 Å². The molecule has 1 amide bonds. The zero-order valence-corrected chi connectivity index (χ0v) is 12.1. The first-order valence-electron chi connectivity index (χ1n) is 5.69. The lowest BCUT2D eigenvalue weighted by atomic mass is 10.1. The number of hydrogen-bond donors (Lipinski definition) is 2. The molecule has 2 rings (SSSR count). The molecule has 21 heavy (non-hydrogen) atoms. The number of thiocarbonyl (C=S) groups is 1. The number of thioether (sulfide) groups is 1. The quantitative estimate of drug-likeness (QED) is 0.643. The summed E-state index contributed by atoms with van der Waals surface area (Å²) < 4.78 is 0.191. The Hall–Kier alpha value is -2.19. The van der Waals surface area contributed by atoms with E-state index in [1.165, 1.54) is 12.1 Å². The van der Waals surface area contributed by atoms with Crippen molar-refractivity contribution < 1.29 is 24.6 Å². The molecule has 8 heteroatoms. The number of aromatic carboxylic acids is 1. The summed E-state index contributed by atoms with van der Waals surface area (Å²) in [5, 5.41) is 17.5. The van der Waals surface area contributed by atoms with E-state index in [1.54, 1.807) is 18.2 Å². The zero-order chi connectivity index (χ0) is 15.6. The number of carbonyl (C=O) groups is 3. The summed E-state index contributed by atoms with van der Waals surface area (Å²) in [5.41, 5.74) is 0.779. The summed E-state index contributed by atoms with van der Waals surface area (Å²) in [7, 11) is 0. The van der Waals surface area contributed by atoms with Gasteiger partial charge in [-0.25, -0.2) is 4.79 Å². The molecule has 1 aliphatic heterocycles. The Balaban J connectivity index is 2.22. The number of benzene rings is 1. The molecule has 108 valence electrons. The highest BCUT2D eigenvalue weighted by molar-refractivity contribution is 8.26. The fourth-order valence-electron chi connectivity index (χ4n) is 1.64. The van der Waals surface area contributed by atoms with Gasteiger partial charge in [0.2, 0.25) is 0 Å². The molecule has 0 saturated carbocycles. The maximum atomic E-state index is 12.0. The first-order valence-corrected chi connectivity index (χ1v) is 6.91. The van der Waals surface area contributed by atoms with Crippen molar-refractivity contribution in [2.75, 3.05) is 6.54 Å². The largest absolute Gasteiger partial charge is 0.480 e. The Morgan fingerprint density at radius 1 is 1.24 bits per heavy atom. The molecule has 0 atom stereocenters. The van der Waals surface area contributed by atoms with Gasteiger partial charge in [0.15, 0.2) is 0 Å². The average Bonchev–Trinajstić information content (AvgIpc) is 2.67. The standard InChI is InChI=1S/C13H9NO5S2/c15-10(16)6-14-11(17)9(21-13(14)20)5-7-1-3-8(4-2-7)12(18)19/h1-5H,6H2,(H,15,16)(H,18,19)/b9-5-. The average molecular weight is 323 g/mol. The van der Waals surface area contributed by atoms with Gasteiger partial charge in [0.25, 0.3) is 5.91 Å². The van der Waals surface area contributed by atoms with Crippen LogP contribution in [0.4, 0.5) is 0 Å². The van der Waals surface area contributed by atoms with Crippen LogP contribution in [0, 0.1) is 0 Å². The topological polar surface area (TPSA) is 94.9 Å². The highest BCUT2D eigenvalue weighted by Gasteiger charge is 2.33. The lowest BCUT2D eigenvalue weighted by molar-refractivity contribution is -0.140. The van der Waals surface area contributed by atoms with Crippen LogP contribution in [0.2, 0.25) is 0 Å². The number of nitrogens with zero attached hydrogens (tertiary/aromatic N) is 1. The Bertz CT molecular complexity index is 666. The third-order valence-electron chi connectivity index (χ3n) is 2.62. The minimum atomic E-state index is -1.14. The van der Waals surface area contributed by atoms with Crippen LogP contribution in [0.25, 0.3) is 6.08 Å². The van der Waals surface area contributed by atoms with Crippen molar-refractivity contribution in [2.24, 2.45) is 0 Å². The molecule has 1 fully saturated rings. The minimum absolute atomic E-state index is 0.144. The van der Waals surface area contributed by atoms with Crippen molar-refractivity contribution in [3.05, 3.63) is 40.3 Å². The molecule has 2 N–H and O–H groups in total. The second-order valence-electron chi connectivity index (χ2n) is 4.09. The molecule has 1 saturated heterocycles. The Morgan fingerprint density at radius 3 is 2.38 bits per heavy atom. The molecular weight excluding hydrogens is 314 g/mol. The zero-order valence-electron chi connectivity index (χ0n) is 10.5. The molecule has 0 aliphatic carbocycles. The lowest BCUT2D eigenvalue weighted by Crippen LogP contribution is -2.33. The number of aliphatic carboxylic acids is 1. The highest BCUT2D eigenvalue weighted by Crippen LogP contribution is 2.32. The first-order chi connectivity index (χ1) is 9.88. The SMILES string of the molecule is O=C(O)CN1C(=O)/C(=C/c2ccc(C(=O)O)cc2)SC1=S. The summed E-state index contributed by atoms with van der Waals surface area (Å²) >= 11 is 5.99. The van der Waals surface area contributed by atoms with E-state index < -0.39 is 24.4 Å². The number of rotatable bonds is 4. The van der Waals surface area contributed by atoms with Gasteiger partial charge in [-0.2, -0.15) is 0 Å². The smallest absolute Gasteiger partial charge is 0.335 e. The van der Waals surface area contributed by atoms with E-state index in [1.807, 2.05) is 0 Å². The second kappa shape index (κ2) is 6.06. The normalized spacial score (nSPS) is 16.6. The van der Waals surface area contributed by atoms with Crippen LogP contribution >= 0.6 is 24.0 Å². The van der Waals surface area contributed by atoms with E-state index >= 15 is 0 Å². The van der Waals surface area contributed by atoms with E-state index in [0.717, 1.165) is 16.7 Å². The van der Waals surface area contributed by atoms with E-state index in [9.17, 15) is 14.4 Å². The lowest BCUT2D eigenvalue weighted by Gasteiger charge is -2.10. The minimum Gasteiger partial charge on any atom is -0.480 e. The number of carboxylic acid groups (broad SMARTS) is 2. The molecular formula is C13H9NO5S2. The monoisotopic (exact) mass is 323 g/mol. The van der Waals surface area contributed by atoms with Gasteiger partial charge in [0, 0.05) is 0 Å². The van der Waals surface area contributed by atoms with Gasteiger partial charge < -0.3 is 10.2 Å². The summed E-state index contributed by atoms with van der Waals surface area (Å²) in [6.07, 6.45) is 1.55. The maximum absolute atomic E-state index is 12.0. The Morgan fingerprint density at radius 2 is 1.86 bits per heavy atom. The molecule has 0 bridgehead atoms. The van der Waals surface area contributed by atoms with Crippen molar-refractivity contribution in [2.45, 2.75) is 0 Å². The maximum Gasteiger partial charge on any atom is 0.335 e. The fourth-order valence-corrected chi connectivity index (χ4v) is 2.90. The summed E-state index contributed by atoms with van der Waals surface area (Å²) in [4.78, 5) is 34.8. The van der Waals surface area contributed by atoms with Gasteiger partial charge in [0.05, 0.1) is 10.5 Å². The van der Waals surface area contributed by atoms with Gasteiger partial charge in [-0.1, -0.05) is 36.1 Å². The number of amides is 1. The van der Waals surface area contributed by atoms with Crippen LogP contribution in [-0.2, 0) is 9.59 Å². The molecule has 0 aromatic heterocycles. The first kappa shape index (κ1) is 15.2. The fraction of sp³-hybridized carbons (Fsp3) is 0.0769. The molecule has 0 spiro atoms. The van der Waals surface area contributed by atoms with Crippen LogP contribution in [0.5, 0.6) is 0 Å².